The Morgan fingerprint density at radius 2 is 1.41 bits per heavy atom. The Morgan fingerprint density at radius 3 is 2.03 bits per heavy atom. The molecule has 4 aromatic carbocycles. The second kappa shape index (κ2) is 11.6. The summed E-state index contributed by atoms with van der Waals surface area (Å²) < 4.78 is 16.7. The highest BCUT2D eigenvalue weighted by Crippen LogP contribution is 2.28. The molecule has 0 aliphatic heterocycles. The van der Waals surface area contributed by atoms with Crippen molar-refractivity contribution in [1.29, 1.82) is 0 Å². The molecule has 0 fully saturated rings. The van der Waals surface area contributed by atoms with E-state index in [1.807, 2.05) is 12.1 Å². The first-order valence-corrected chi connectivity index (χ1v) is 11.4. The van der Waals surface area contributed by atoms with Crippen LogP contribution in [-0.4, -0.2) is 23.8 Å². The molecule has 4 rings (SSSR count). The van der Waals surface area contributed by atoms with Crippen molar-refractivity contribution in [3.05, 3.63) is 135 Å². The third kappa shape index (κ3) is 6.18. The summed E-state index contributed by atoms with van der Waals surface area (Å²) in [6, 6.07) is 27.7. The molecule has 0 aromatic heterocycles. The number of methoxy groups -OCH3 is 1. The summed E-state index contributed by atoms with van der Waals surface area (Å²) in [5.74, 6) is 0.0661. The molecule has 0 saturated carbocycles. The standard InChI is InChI=1S/C29H23NO7/c1-35-25-9-5-6-10-26(25)36-19-20-11-13-23(14-12-20)29(32)37-28(27(31)21-7-3-2-4-8-21)22-15-17-24(18-16-22)30(33)34/h2-18,28H,19H2,1H3/t28-/m0/s1. The number of nitro groups is 1. The van der Waals surface area contributed by atoms with Crippen LogP contribution in [0.5, 0.6) is 11.5 Å². The van der Waals surface area contributed by atoms with Crippen molar-refractivity contribution in [3.8, 4) is 11.5 Å². The summed E-state index contributed by atoms with van der Waals surface area (Å²) in [7, 11) is 1.56. The molecule has 0 heterocycles. The van der Waals surface area contributed by atoms with Crippen LogP contribution in [-0.2, 0) is 11.3 Å². The first-order valence-electron chi connectivity index (χ1n) is 11.4. The van der Waals surface area contributed by atoms with Gasteiger partial charge in [-0.05, 0) is 42.0 Å². The van der Waals surface area contributed by atoms with Crippen LogP contribution < -0.4 is 9.47 Å². The number of ether oxygens (including phenoxy) is 3. The molecule has 0 bridgehead atoms. The number of carbonyl (C=O) groups excluding carboxylic acids is 2. The summed E-state index contributed by atoms with van der Waals surface area (Å²) in [6.07, 6.45) is -1.27. The molecule has 8 heteroatoms. The molecule has 0 unspecified atom stereocenters. The SMILES string of the molecule is COc1ccccc1OCc1ccc(C(=O)O[C@H](C(=O)c2ccccc2)c2ccc([N+](=O)[O-])cc2)cc1. The van der Waals surface area contributed by atoms with Crippen LogP contribution >= 0.6 is 0 Å². The van der Waals surface area contributed by atoms with Crippen molar-refractivity contribution in [2.24, 2.45) is 0 Å². The summed E-state index contributed by atoms with van der Waals surface area (Å²) in [4.78, 5) is 36.7. The Hall–Kier alpha value is -4.98. The molecule has 0 aliphatic rings. The van der Waals surface area contributed by atoms with E-state index in [2.05, 4.69) is 0 Å². The van der Waals surface area contributed by atoms with Crippen LogP contribution in [0.3, 0.4) is 0 Å². The lowest BCUT2D eigenvalue weighted by atomic mass is 9.99. The Labute approximate surface area is 213 Å². The first-order chi connectivity index (χ1) is 18.0. The number of esters is 1. The monoisotopic (exact) mass is 497 g/mol. The highest BCUT2D eigenvalue weighted by Gasteiger charge is 2.27. The lowest BCUT2D eigenvalue weighted by Gasteiger charge is -2.18. The average Bonchev–Trinajstić information content (AvgIpc) is 2.95. The zero-order valence-corrected chi connectivity index (χ0v) is 19.9. The highest BCUT2D eigenvalue weighted by molar-refractivity contribution is 6.02. The average molecular weight is 498 g/mol. The number of benzene rings is 4. The molecular formula is C29H23NO7. The molecule has 8 nitrogen and oxygen atoms in total. The van der Waals surface area contributed by atoms with Gasteiger partial charge in [0.15, 0.2) is 17.6 Å². The van der Waals surface area contributed by atoms with E-state index in [0.717, 1.165) is 5.56 Å². The maximum Gasteiger partial charge on any atom is 0.339 e. The molecule has 0 radical (unpaired) electrons. The number of nitro benzene ring substituents is 1. The second-order valence-electron chi connectivity index (χ2n) is 8.00. The number of hydrogen-bond donors (Lipinski definition) is 0. The van der Waals surface area contributed by atoms with Crippen LogP contribution in [0.2, 0.25) is 0 Å². The third-order valence-electron chi connectivity index (χ3n) is 5.58. The van der Waals surface area contributed by atoms with E-state index in [-0.39, 0.29) is 17.9 Å². The van der Waals surface area contributed by atoms with Crippen molar-refractivity contribution >= 4 is 17.4 Å². The maximum absolute atomic E-state index is 13.2. The zero-order chi connectivity index (χ0) is 26.2. The van der Waals surface area contributed by atoms with Gasteiger partial charge < -0.3 is 14.2 Å². The predicted molar refractivity (Wildman–Crippen MR) is 136 cm³/mol. The smallest absolute Gasteiger partial charge is 0.339 e. The minimum absolute atomic E-state index is 0.132. The predicted octanol–water partition coefficient (Wildman–Crippen LogP) is 5.96. The number of nitrogens with zero attached hydrogens (tertiary/aromatic N) is 1. The van der Waals surface area contributed by atoms with E-state index in [0.29, 0.717) is 22.6 Å². The number of non-ortho nitro benzene ring substituents is 1. The van der Waals surface area contributed by atoms with Crippen LogP contribution in [0.25, 0.3) is 0 Å². The number of carbonyl (C=O) groups is 2. The van der Waals surface area contributed by atoms with Gasteiger partial charge in [-0.1, -0.05) is 54.6 Å². The van der Waals surface area contributed by atoms with Gasteiger partial charge in [-0.25, -0.2) is 4.79 Å². The van der Waals surface area contributed by atoms with Crippen LogP contribution in [0.4, 0.5) is 5.69 Å². The number of Topliss-reactive ketones (excluding diaryl/α,β-unsaturated/α-hetero) is 1. The fourth-order valence-electron chi connectivity index (χ4n) is 3.61. The molecule has 37 heavy (non-hydrogen) atoms. The van der Waals surface area contributed by atoms with Gasteiger partial charge in [-0.15, -0.1) is 0 Å². The third-order valence-corrected chi connectivity index (χ3v) is 5.58. The normalized spacial score (nSPS) is 11.3. The lowest BCUT2D eigenvalue weighted by molar-refractivity contribution is -0.384. The van der Waals surface area contributed by atoms with Gasteiger partial charge in [0.1, 0.15) is 6.61 Å². The van der Waals surface area contributed by atoms with Crippen LogP contribution in [0.15, 0.2) is 103 Å². The van der Waals surface area contributed by atoms with Gasteiger partial charge in [0.2, 0.25) is 5.78 Å². The molecule has 0 aliphatic carbocycles. The number of rotatable bonds is 10. The van der Waals surface area contributed by atoms with E-state index >= 15 is 0 Å². The number of ketones is 1. The quantitative estimate of drug-likeness (QED) is 0.115. The first kappa shape index (κ1) is 25.1. The fraction of sp³-hybridized carbons (Fsp3) is 0.103. The topological polar surface area (TPSA) is 105 Å². The number of hydrogen-bond acceptors (Lipinski definition) is 7. The van der Waals surface area contributed by atoms with E-state index in [4.69, 9.17) is 14.2 Å². The van der Waals surface area contributed by atoms with E-state index < -0.39 is 22.8 Å². The van der Waals surface area contributed by atoms with Crippen molar-refractivity contribution in [3.63, 3.8) is 0 Å². The molecule has 1 atom stereocenters. The fourth-order valence-corrected chi connectivity index (χ4v) is 3.61. The minimum atomic E-state index is -1.27. The van der Waals surface area contributed by atoms with Crippen LogP contribution in [0.1, 0.15) is 37.9 Å². The van der Waals surface area contributed by atoms with E-state index in [1.165, 1.54) is 24.3 Å². The Kier molecular flexibility index (Phi) is 7.90. The molecule has 0 N–H and O–H groups in total. The summed E-state index contributed by atoms with van der Waals surface area (Å²) in [5.41, 5.74) is 1.60. The van der Waals surface area contributed by atoms with Gasteiger partial charge in [-0.2, -0.15) is 0 Å². The van der Waals surface area contributed by atoms with E-state index in [9.17, 15) is 19.7 Å². The Balaban J connectivity index is 1.50. The largest absolute Gasteiger partial charge is 0.493 e. The van der Waals surface area contributed by atoms with Crippen molar-refractivity contribution in [2.45, 2.75) is 12.7 Å². The molecule has 4 aromatic rings. The lowest BCUT2D eigenvalue weighted by Crippen LogP contribution is -2.20. The maximum atomic E-state index is 13.2. The van der Waals surface area contributed by atoms with Gasteiger partial charge in [0, 0.05) is 23.3 Å². The summed E-state index contributed by atoms with van der Waals surface area (Å²) in [6.45, 7) is 0.258. The zero-order valence-electron chi connectivity index (χ0n) is 19.9. The summed E-state index contributed by atoms with van der Waals surface area (Å²) >= 11 is 0. The van der Waals surface area contributed by atoms with Crippen molar-refractivity contribution < 1.29 is 28.7 Å². The van der Waals surface area contributed by atoms with Crippen molar-refractivity contribution in [1.82, 2.24) is 0 Å². The van der Waals surface area contributed by atoms with Crippen LogP contribution in [0, 0.1) is 10.1 Å². The van der Waals surface area contributed by atoms with Gasteiger partial charge in [-0.3, -0.25) is 14.9 Å². The van der Waals surface area contributed by atoms with Gasteiger partial charge in [0.25, 0.3) is 5.69 Å². The number of para-hydroxylation sites is 2. The highest BCUT2D eigenvalue weighted by atomic mass is 16.6. The second-order valence-corrected chi connectivity index (χ2v) is 8.00. The van der Waals surface area contributed by atoms with Crippen molar-refractivity contribution in [2.75, 3.05) is 7.11 Å². The molecule has 0 saturated heterocycles. The van der Waals surface area contributed by atoms with Gasteiger partial charge >= 0.3 is 5.97 Å². The molecular weight excluding hydrogens is 474 g/mol. The Bertz CT molecular complexity index is 1380. The Morgan fingerprint density at radius 1 is 0.784 bits per heavy atom. The minimum Gasteiger partial charge on any atom is -0.493 e. The van der Waals surface area contributed by atoms with E-state index in [1.54, 1.807) is 73.8 Å². The molecule has 186 valence electrons. The summed E-state index contributed by atoms with van der Waals surface area (Å²) in [5, 5.41) is 11.0. The van der Waals surface area contributed by atoms with Gasteiger partial charge in [0.05, 0.1) is 17.6 Å². The molecule has 0 amide bonds. The molecule has 0 spiro atoms.